The lowest BCUT2D eigenvalue weighted by atomic mass is 10.0. The van der Waals surface area contributed by atoms with Crippen molar-refractivity contribution in [2.45, 2.75) is 29.9 Å². The Morgan fingerprint density at radius 3 is 2.84 bits per heavy atom. The molecule has 2 aromatic carbocycles. The van der Waals surface area contributed by atoms with Gasteiger partial charge >= 0.3 is 0 Å². The summed E-state index contributed by atoms with van der Waals surface area (Å²) in [6, 6.07) is 8.20. The van der Waals surface area contributed by atoms with Crippen LogP contribution in [0.3, 0.4) is 0 Å². The van der Waals surface area contributed by atoms with Gasteiger partial charge in [0.05, 0.1) is 29.7 Å². The van der Waals surface area contributed by atoms with Crippen molar-refractivity contribution in [3.8, 4) is 5.75 Å². The number of hydrogen-bond donors (Lipinski definition) is 3. The topological polar surface area (TPSA) is 104 Å². The van der Waals surface area contributed by atoms with Gasteiger partial charge in [0.15, 0.2) is 5.82 Å². The van der Waals surface area contributed by atoms with E-state index in [4.69, 9.17) is 16.3 Å². The number of piperidine rings is 1. The minimum atomic E-state index is -0.959. The number of ether oxygens (including phenoxy) is 1. The zero-order valence-electron chi connectivity index (χ0n) is 20.5. The molecule has 2 aliphatic rings. The van der Waals surface area contributed by atoms with E-state index in [2.05, 4.69) is 20.5 Å². The van der Waals surface area contributed by atoms with E-state index in [1.807, 2.05) is 6.07 Å². The molecule has 0 aliphatic carbocycles. The molecule has 1 atom stereocenters. The first-order chi connectivity index (χ1) is 17.8. The minimum absolute atomic E-state index is 0. The van der Waals surface area contributed by atoms with Crippen molar-refractivity contribution < 1.29 is 23.8 Å². The second kappa shape index (κ2) is 12.0. The van der Waals surface area contributed by atoms with Gasteiger partial charge in [0.25, 0.3) is 5.91 Å². The molecular formula is C26H27Cl2FN4O4S. The molecule has 3 heterocycles. The molecule has 1 saturated heterocycles. The minimum Gasteiger partial charge on any atom is -0.497 e. The summed E-state index contributed by atoms with van der Waals surface area (Å²) in [7, 11) is 1.44. The number of nitrogens with one attached hydrogen (secondary N) is 2. The van der Waals surface area contributed by atoms with E-state index in [1.54, 1.807) is 18.2 Å². The van der Waals surface area contributed by atoms with Crippen LogP contribution in [0.25, 0.3) is 10.9 Å². The van der Waals surface area contributed by atoms with E-state index in [1.165, 1.54) is 31.1 Å². The second-order valence-corrected chi connectivity index (χ2v) is 10.6. The number of nitrogens with zero attached hydrogens (tertiary/aromatic N) is 2. The Labute approximate surface area is 234 Å². The maximum absolute atomic E-state index is 14.5. The maximum atomic E-state index is 14.5. The van der Waals surface area contributed by atoms with Crippen LogP contribution in [-0.4, -0.2) is 65.3 Å². The third kappa shape index (κ3) is 6.00. The molecule has 3 aromatic rings. The normalized spacial score (nSPS) is 16.8. The molecule has 1 unspecified atom stereocenters. The standard InChI is InChI=1S/C26H26ClFN4O4S.ClH/c1-36-16-9-17-24(18(27)11-29-25(17)19(28)10-16)21(33)12-32-6-4-15(5-7-32)30-26(35)14-2-3-22-20(8-14)31-23(34)13-37-22;/h2-3,8-11,15,21,33H,4-7,12-13H2,1H3,(H,30,35)(H,31,34);1H. The number of fused-ring (bicyclic) bond motifs is 2. The van der Waals surface area contributed by atoms with E-state index in [9.17, 15) is 19.1 Å². The number of aliphatic hydroxyl groups is 1. The van der Waals surface area contributed by atoms with Crippen LogP contribution in [0.15, 0.2) is 41.4 Å². The Morgan fingerprint density at radius 2 is 2.11 bits per heavy atom. The number of thioether (sulfide) groups is 1. The Balaban J connectivity index is 0.00000336. The fourth-order valence-electron chi connectivity index (χ4n) is 4.78. The van der Waals surface area contributed by atoms with E-state index in [0.29, 0.717) is 66.2 Å². The van der Waals surface area contributed by atoms with Crippen molar-refractivity contribution in [2.24, 2.45) is 0 Å². The summed E-state index contributed by atoms with van der Waals surface area (Å²) >= 11 is 7.83. The van der Waals surface area contributed by atoms with Gasteiger partial charge in [-0.15, -0.1) is 24.2 Å². The van der Waals surface area contributed by atoms with Crippen LogP contribution >= 0.6 is 35.8 Å². The summed E-state index contributed by atoms with van der Waals surface area (Å²) in [6.07, 6.45) is 1.82. The Hall–Kier alpha value is -2.63. The van der Waals surface area contributed by atoms with Crippen molar-refractivity contribution in [2.75, 3.05) is 37.8 Å². The van der Waals surface area contributed by atoms with Gasteiger partial charge in [-0.25, -0.2) is 4.39 Å². The number of methoxy groups -OCH3 is 1. The number of rotatable bonds is 6. The molecule has 0 bridgehead atoms. The molecule has 0 saturated carbocycles. The molecule has 12 heteroatoms. The maximum Gasteiger partial charge on any atom is 0.251 e. The summed E-state index contributed by atoms with van der Waals surface area (Å²) in [5.41, 5.74) is 1.71. The third-order valence-corrected chi connectivity index (χ3v) is 8.06. The van der Waals surface area contributed by atoms with Crippen LogP contribution in [0.4, 0.5) is 10.1 Å². The number of carbonyl (C=O) groups excluding carboxylic acids is 2. The lowest BCUT2D eigenvalue weighted by molar-refractivity contribution is -0.113. The number of likely N-dealkylation sites (tertiary alicyclic amines) is 1. The van der Waals surface area contributed by atoms with Crippen LogP contribution in [0.5, 0.6) is 5.75 Å². The summed E-state index contributed by atoms with van der Waals surface area (Å²) in [5.74, 6) is -0.109. The molecule has 202 valence electrons. The number of amides is 2. The fourth-order valence-corrected chi connectivity index (χ4v) is 5.84. The highest BCUT2D eigenvalue weighted by atomic mass is 35.5. The van der Waals surface area contributed by atoms with Crippen LogP contribution in [0.1, 0.15) is 34.9 Å². The Kier molecular flexibility index (Phi) is 9.00. The molecule has 8 nitrogen and oxygen atoms in total. The van der Waals surface area contributed by atoms with Gasteiger partial charge in [0.1, 0.15) is 11.3 Å². The van der Waals surface area contributed by atoms with E-state index < -0.39 is 11.9 Å². The smallest absolute Gasteiger partial charge is 0.251 e. The average Bonchev–Trinajstić information content (AvgIpc) is 2.88. The van der Waals surface area contributed by atoms with Crippen LogP contribution in [0.2, 0.25) is 5.02 Å². The molecule has 1 aromatic heterocycles. The molecule has 2 aliphatic heterocycles. The monoisotopic (exact) mass is 580 g/mol. The number of aliphatic hydroxyl groups excluding tert-OH is 1. The molecule has 38 heavy (non-hydrogen) atoms. The molecule has 0 spiro atoms. The number of β-amino-alcohol motifs (C(OH)–C–C–N with tert-alkyl or cyclic N) is 1. The number of pyridine rings is 1. The van der Waals surface area contributed by atoms with Crippen molar-refractivity contribution in [1.82, 2.24) is 15.2 Å². The lowest BCUT2D eigenvalue weighted by Crippen LogP contribution is -2.45. The van der Waals surface area contributed by atoms with E-state index >= 15 is 0 Å². The number of halogens is 3. The molecule has 2 amide bonds. The van der Waals surface area contributed by atoms with Crippen LogP contribution < -0.4 is 15.4 Å². The zero-order chi connectivity index (χ0) is 26.1. The van der Waals surface area contributed by atoms with Gasteiger partial charge in [-0.2, -0.15) is 0 Å². The Bertz CT molecular complexity index is 1370. The zero-order valence-corrected chi connectivity index (χ0v) is 22.9. The fraction of sp³-hybridized carbons (Fsp3) is 0.346. The van der Waals surface area contributed by atoms with Gasteiger partial charge < -0.3 is 25.4 Å². The highest BCUT2D eigenvalue weighted by molar-refractivity contribution is 8.00. The third-order valence-electron chi connectivity index (χ3n) is 6.69. The highest BCUT2D eigenvalue weighted by Crippen LogP contribution is 2.35. The predicted octanol–water partition coefficient (Wildman–Crippen LogP) is 4.43. The number of benzene rings is 2. The molecule has 3 N–H and O–H groups in total. The first-order valence-electron chi connectivity index (χ1n) is 11.9. The number of aromatic nitrogens is 1. The largest absolute Gasteiger partial charge is 0.497 e. The molecule has 5 rings (SSSR count). The number of carbonyl (C=O) groups is 2. The first kappa shape index (κ1) is 28.4. The number of anilines is 1. The second-order valence-electron chi connectivity index (χ2n) is 9.14. The summed E-state index contributed by atoms with van der Waals surface area (Å²) in [4.78, 5) is 31.6. The van der Waals surface area contributed by atoms with Crippen molar-refractivity contribution in [3.05, 3.63) is 58.5 Å². The van der Waals surface area contributed by atoms with Crippen molar-refractivity contribution >= 4 is 64.2 Å². The lowest BCUT2D eigenvalue weighted by Gasteiger charge is -2.34. The predicted molar refractivity (Wildman–Crippen MR) is 148 cm³/mol. The van der Waals surface area contributed by atoms with Gasteiger partial charge in [-0.05, 0) is 37.1 Å². The van der Waals surface area contributed by atoms with Crippen molar-refractivity contribution in [3.63, 3.8) is 0 Å². The average molecular weight is 581 g/mol. The summed E-state index contributed by atoms with van der Waals surface area (Å²) in [5, 5.41) is 17.6. The van der Waals surface area contributed by atoms with Crippen LogP contribution in [0, 0.1) is 5.82 Å². The van der Waals surface area contributed by atoms with Gasteiger partial charge in [0.2, 0.25) is 5.91 Å². The quantitative estimate of drug-likeness (QED) is 0.396. The van der Waals surface area contributed by atoms with E-state index in [-0.39, 0.29) is 40.8 Å². The highest BCUT2D eigenvalue weighted by Gasteiger charge is 2.26. The number of hydrogen-bond acceptors (Lipinski definition) is 7. The molecule has 1 fully saturated rings. The SMILES string of the molecule is COc1cc(F)c2ncc(Cl)c(C(O)CN3CCC(NC(=O)c4ccc5c(c4)NC(=O)CS5)CC3)c2c1.Cl. The van der Waals surface area contributed by atoms with E-state index in [0.717, 1.165) is 4.90 Å². The first-order valence-corrected chi connectivity index (χ1v) is 13.3. The summed E-state index contributed by atoms with van der Waals surface area (Å²) in [6.45, 7) is 1.63. The van der Waals surface area contributed by atoms with Crippen molar-refractivity contribution in [1.29, 1.82) is 0 Å². The van der Waals surface area contributed by atoms with Gasteiger partial charge in [-0.1, -0.05) is 11.6 Å². The molecular weight excluding hydrogens is 554 g/mol. The van der Waals surface area contributed by atoms with Gasteiger partial charge in [0, 0.05) is 59.3 Å². The van der Waals surface area contributed by atoms with Crippen LogP contribution in [-0.2, 0) is 4.79 Å². The van der Waals surface area contributed by atoms with Gasteiger partial charge in [-0.3, -0.25) is 14.6 Å². The molecule has 0 radical (unpaired) electrons. The summed E-state index contributed by atoms with van der Waals surface area (Å²) < 4.78 is 19.7. The Morgan fingerprint density at radius 1 is 1.34 bits per heavy atom.